The van der Waals surface area contributed by atoms with Crippen molar-refractivity contribution in [2.24, 2.45) is 0 Å². The summed E-state index contributed by atoms with van der Waals surface area (Å²) in [4.78, 5) is 11.8. The molecule has 0 saturated carbocycles. The monoisotopic (exact) mass is 330 g/mol. The lowest BCUT2D eigenvalue weighted by atomic mass is 10.0. The van der Waals surface area contributed by atoms with Crippen molar-refractivity contribution in [1.82, 2.24) is 9.69 Å². The van der Waals surface area contributed by atoms with Crippen LogP contribution in [0.2, 0.25) is 0 Å². The number of hydrogen-bond donors (Lipinski definition) is 2. The zero-order valence-electron chi connectivity index (χ0n) is 11.2. The lowest BCUT2D eigenvalue weighted by molar-refractivity contribution is -0.133. The molecular formula is C14H13F3N2O2S. The van der Waals surface area contributed by atoms with Crippen LogP contribution in [0, 0.1) is 0 Å². The predicted octanol–water partition coefficient (Wildman–Crippen LogP) is 2.56. The van der Waals surface area contributed by atoms with E-state index in [1.54, 1.807) is 35.8 Å². The molecule has 2 rings (SSSR count). The second-order valence-corrected chi connectivity index (χ2v) is 5.35. The van der Waals surface area contributed by atoms with Gasteiger partial charge >= 0.3 is 6.43 Å². The van der Waals surface area contributed by atoms with Crippen molar-refractivity contribution in [2.75, 3.05) is 6.67 Å². The molecule has 8 heteroatoms. The molecule has 4 nitrogen and oxygen atoms in total. The van der Waals surface area contributed by atoms with E-state index < -0.39 is 31.2 Å². The number of hydrogen-bond acceptors (Lipinski definition) is 4. The Morgan fingerprint density at radius 2 is 1.95 bits per heavy atom. The number of alkyl halides is 3. The van der Waals surface area contributed by atoms with Crippen molar-refractivity contribution in [2.45, 2.75) is 18.6 Å². The van der Waals surface area contributed by atoms with Crippen LogP contribution in [0.25, 0.3) is 10.4 Å². The molecule has 1 aromatic heterocycles. The minimum Gasteiger partial charge on any atom is -0.386 e. The number of benzene rings is 1. The van der Waals surface area contributed by atoms with Gasteiger partial charge in [0.15, 0.2) is 0 Å². The molecule has 0 fully saturated rings. The van der Waals surface area contributed by atoms with E-state index in [4.69, 9.17) is 0 Å². The van der Waals surface area contributed by atoms with E-state index in [9.17, 15) is 23.1 Å². The van der Waals surface area contributed by atoms with Gasteiger partial charge in [-0.3, -0.25) is 4.79 Å². The Labute approximate surface area is 128 Å². The molecule has 2 unspecified atom stereocenters. The first-order valence-electron chi connectivity index (χ1n) is 6.36. The first-order chi connectivity index (χ1) is 10.5. The molecule has 22 heavy (non-hydrogen) atoms. The molecule has 2 aromatic rings. The third-order valence-electron chi connectivity index (χ3n) is 3.05. The highest BCUT2D eigenvalue weighted by Gasteiger charge is 2.26. The van der Waals surface area contributed by atoms with Crippen LogP contribution in [0.4, 0.5) is 13.2 Å². The summed E-state index contributed by atoms with van der Waals surface area (Å²) in [5.41, 5.74) is 1.19. The van der Waals surface area contributed by atoms with Crippen molar-refractivity contribution in [3.05, 3.63) is 42.1 Å². The van der Waals surface area contributed by atoms with E-state index in [2.05, 4.69) is 4.37 Å². The van der Waals surface area contributed by atoms with Crippen molar-refractivity contribution in [3.63, 3.8) is 0 Å². The van der Waals surface area contributed by atoms with Gasteiger partial charge in [0.25, 0.3) is 5.91 Å². The summed E-state index contributed by atoms with van der Waals surface area (Å²) in [6.45, 7) is -1.16. The highest BCUT2D eigenvalue weighted by molar-refractivity contribution is 7.09. The maximum atomic E-state index is 12.9. The third kappa shape index (κ3) is 3.83. The van der Waals surface area contributed by atoms with Gasteiger partial charge in [-0.2, -0.15) is 8.78 Å². The fraction of sp³-hybridized carbons (Fsp3) is 0.286. The zero-order chi connectivity index (χ0) is 16.1. The first kappa shape index (κ1) is 16.4. The Kier molecular flexibility index (Phi) is 5.51. The topological polar surface area (TPSA) is 62.2 Å². The number of halogens is 3. The van der Waals surface area contributed by atoms with Crippen molar-refractivity contribution < 1.29 is 23.1 Å². The van der Waals surface area contributed by atoms with Gasteiger partial charge in [-0.25, -0.2) is 8.76 Å². The predicted molar refractivity (Wildman–Crippen MR) is 76.4 cm³/mol. The molecule has 0 spiro atoms. The average molecular weight is 330 g/mol. The van der Waals surface area contributed by atoms with Gasteiger partial charge in [0.2, 0.25) is 0 Å². The fourth-order valence-electron chi connectivity index (χ4n) is 1.89. The highest BCUT2D eigenvalue weighted by Crippen LogP contribution is 2.25. The molecule has 0 aliphatic heterocycles. The molecule has 118 valence electrons. The van der Waals surface area contributed by atoms with E-state index >= 15 is 0 Å². The van der Waals surface area contributed by atoms with E-state index in [1.165, 1.54) is 11.5 Å². The van der Waals surface area contributed by atoms with Gasteiger partial charge in [-0.15, -0.1) is 0 Å². The third-order valence-corrected chi connectivity index (χ3v) is 3.84. The Bertz CT molecular complexity index is 605. The normalized spacial score (nSPS) is 13.9. The summed E-state index contributed by atoms with van der Waals surface area (Å²) >= 11 is 1.30. The lowest BCUT2D eigenvalue weighted by Crippen LogP contribution is -2.43. The SMILES string of the molecule is O=C(NC(CF)C(O)c1ccc(-c2ccns2)cc1)C(F)F. The number of nitrogens with zero attached hydrogens (tertiary/aromatic N) is 1. The molecule has 0 aliphatic carbocycles. The molecule has 0 saturated heterocycles. The van der Waals surface area contributed by atoms with Gasteiger partial charge in [0.05, 0.1) is 10.9 Å². The number of aromatic nitrogens is 1. The summed E-state index contributed by atoms with van der Waals surface area (Å²) in [6.07, 6.45) is -3.01. The molecule has 1 heterocycles. The molecule has 1 aromatic carbocycles. The Hall–Kier alpha value is -1.93. The van der Waals surface area contributed by atoms with Crippen LogP contribution >= 0.6 is 11.5 Å². The number of carbonyl (C=O) groups excluding carboxylic acids is 1. The van der Waals surface area contributed by atoms with Gasteiger partial charge in [-0.05, 0) is 28.7 Å². The zero-order valence-corrected chi connectivity index (χ0v) is 12.1. The van der Waals surface area contributed by atoms with Crippen LogP contribution in [0.3, 0.4) is 0 Å². The summed E-state index contributed by atoms with van der Waals surface area (Å²) < 4.78 is 41.2. The number of nitrogens with one attached hydrogen (secondary N) is 1. The number of carbonyl (C=O) groups is 1. The van der Waals surface area contributed by atoms with E-state index in [-0.39, 0.29) is 0 Å². The van der Waals surface area contributed by atoms with Crippen molar-refractivity contribution in [1.29, 1.82) is 0 Å². The smallest absolute Gasteiger partial charge is 0.315 e. The largest absolute Gasteiger partial charge is 0.386 e. The Morgan fingerprint density at radius 1 is 1.27 bits per heavy atom. The Balaban J connectivity index is 2.10. The number of aliphatic hydroxyl groups excluding tert-OH is 1. The van der Waals surface area contributed by atoms with Crippen LogP contribution < -0.4 is 5.32 Å². The Morgan fingerprint density at radius 3 is 2.45 bits per heavy atom. The number of rotatable bonds is 6. The van der Waals surface area contributed by atoms with Crippen molar-refractivity contribution in [3.8, 4) is 10.4 Å². The molecule has 2 atom stereocenters. The fourth-order valence-corrected chi connectivity index (χ4v) is 2.49. The van der Waals surface area contributed by atoms with E-state index in [1.807, 2.05) is 6.07 Å². The van der Waals surface area contributed by atoms with Gasteiger partial charge < -0.3 is 10.4 Å². The van der Waals surface area contributed by atoms with Crippen LogP contribution in [-0.4, -0.2) is 34.5 Å². The minimum absolute atomic E-state index is 0.325. The summed E-state index contributed by atoms with van der Waals surface area (Å²) in [5, 5.41) is 11.8. The van der Waals surface area contributed by atoms with Gasteiger partial charge in [0.1, 0.15) is 12.8 Å². The second-order valence-electron chi connectivity index (χ2n) is 4.51. The van der Waals surface area contributed by atoms with Gasteiger partial charge in [-0.1, -0.05) is 24.3 Å². The minimum atomic E-state index is -3.25. The van der Waals surface area contributed by atoms with Crippen LogP contribution in [0.5, 0.6) is 0 Å². The second kappa shape index (κ2) is 7.37. The van der Waals surface area contributed by atoms with E-state index in [0.717, 1.165) is 10.4 Å². The van der Waals surface area contributed by atoms with Gasteiger partial charge in [0, 0.05) is 6.20 Å². The molecule has 1 amide bonds. The van der Waals surface area contributed by atoms with E-state index in [0.29, 0.717) is 5.56 Å². The quantitative estimate of drug-likeness (QED) is 0.856. The maximum Gasteiger partial charge on any atom is 0.315 e. The molecule has 0 radical (unpaired) electrons. The summed E-state index contributed by atoms with van der Waals surface area (Å²) in [7, 11) is 0. The molecular weight excluding hydrogens is 317 g/mol. The highest BCUT2D eigenvalue weighted by atomic mass is 32.1. The van der Waals surface area contributed by atoms with Crippen molar-refractivity contribution >= 4 is 17.4 Å². The molecule has 2 N–H and O–H groups in total. The summed E-state index contributed by atoms with van der Waals surface area (Å²) in [5.74, 6) is -1.61. The standard InChI is InChI=1S/C14H13F3N2O2S/c15-7-10(19-14(21)13(16)17)12(20)9-3-1-8(2-4-9)11-5-6-18-22-11/h1-6,10,12-13,20H,7H2,(H,19,21). The van der Waals surface area contributed by atoms with Crippen LogP contribution in [-0.2, 0) is 4.79 Å². The molecule has 0 bridgehead atoms. The lowest BCUT2D eigenvalue weighted by Gasteiger charge is -2.21. The van der Waals surface area contributed by atoms with Crippen LogP contribution in [0.15, 0.2) is 36.5 Å². The number of amides is 1. The maximum absolute atomic E-state index is 12.9. The first-order valence-corrected chi connectivity index (χ1v) is 7.14. The summed E-state index contributed by atoms with van der Waals surface area (Å²) in [6, 6.07) is 6.92. The average Bonchev–Trinajstić information content (AvgIpc) is 3.06. The van der Waals surface area contributed by atoms with Crippen LogP contribution in [0.1, 0.15) is 11.7 Å². The molecule has 0 aliphatic rings. The number of aliphatic hydroxyl groups is 1.